The lowest BCUT2D eigenvalue weighted by atomic mass is 9.96. The van der Waals surface area contributed by atoms with Crippen LogP contribution < -0.4 is 0 Å². The molecule has 0 saturated carbocycles. The monoisotopic (exact) mass is 1020 g/mol. The van der Waals surface area contributed by atoms with Gasteiger partial charge in [0.15, 0.2) is 31.1 Å². The van der Waals surface area contributed by atoms with Crippen LogP contribution in [0.15, 0.2) is 194 Å². The molecule has 13 atom stereocenters. The van der Waals surface area contributed by atoms with E-state index < -0.39 is 85.9 Å². The minimum atomic E-state index is -1.21. The van der Waals surface area contributed by atoms with E-state index in [4.69, 9.17) is 61.6 Å². The van der Waals surface area contributed by atoms with Gasteiger partial charge in [0, 0.05) is 12.5 Å². The normalized spacial score (nSPS) is 28.4. The maximum absolute atomic E-state index is 13.4. The van der Waals surface area contributed by atoms with Crippen molar-refractivity contribution < 1.29 is 66.4 Å². The zero-order valence-electron chi connectivity index (χ0n) is 41.9. The molecule has 75 heavy (non-hydrogen) atoms. The molecule has 0 amide bonds. The van der Waals surface area contributed by atoms with Crippen LogP contribution in [0.5, 0.6) is 0 Å². The molecular weight excluding hydrogens is 957 g/mol. The summed E-state index contributed by atoms with van der Waals surface area (Å²) in [5.41, 5.74) is 5.67. The Morgan fingerprint density at radius 2 is 0.973 bits per heavy atom. The number of esters is 1. The Kier molecular flexibility index (Phi) is 18.6. The molecule has 3 fully saturated rings. The second kappa shape index (κ2) is 26.6. The van der Waals surface area contributed by atoms with Gasteiger partial charge >= 0.3 is 5.97 Å². The summed E-state index contributed by atoms with van der Waals surface area (Å²) in [4.78, 5) is 13.4. The van der Waals surface area contributed by atoms with Crippen LogP contribution in [0.3, 0.4) is 0 Å². The standard InChI is InChI=1S/C61H64O14/c1-42(62)72-58-56(75-60-57(68-38-47-28-16-6-17-29-47)54(67-37-46-26-14-5-15-27-46)51(40-70-60)65-35-44-22-10-3-11-23-44)55-52(41-69-59(74-55)48-30-18-7-19-31-48)73-61(58)71-39-50-53(66-36-45-24-12-4-13-25-45)49(32-33-63-50)64-34-43-20-8-2-9-21-43/h2-33,49-61H,34-41H2,1H3/t49-,50-,51-,52-,53+,54+,55-,56+,57-,58+,59-,60+,61-/m1/s1. The SMILES string of the molecule is CC(=O)O[C@@H]1[C@H](OC[C@H]2OC=C[C@@H](OCc3ccccc3)[C@@H]2OCc2ccccc2)O[C@@H]2CO[C@@H](c3ccccc3)O[C@H]2[C@@H]1O[C@@H]1OC[C@@H](OCc2ccccc2)[C@H](OCc2ccccc2)[C@H]1OCc1ccccc1. The largest absolute Gasteiger partial charge is 0.493 e. The van der Waals surface area contributed by atoms with E-state index in [1.165, 1.54) is 6.92 Å². The number of hydrogen-bond acceptors (Lipinski definition) is 14. The molecule has 6 aromatic carbocycles. The average molecular weight is 1020 g/mol. The number of carbonyl (C=O) groups is 1. The number of hydrogen-bond donors (Lipinski definition) is 0. The predicted octanol–water partition coefficient (Wildman–Crippen LogP) is 9.35. The highest BCUT2D eigenvalue weighted by Crippen LogP contribution is 2.39. The van der Waals surface area contributed by atoms with Crippen molar-refractivity contribution >= 4 is 5.97 Å². The van der Waals surface area contributed by atoms with E-state index in [-0.39, 0.29) is 33.0 Å². The molecule has 0 spiro atoms. The molecular formula is C61H64O14. The fraction of sp³-hybridized carbons (Fsp3) is 0.361. The topological polar surface area (TPSA) is 137 Å². The highest BCUT2D eigenvalue weighted by molar-refractivity contribution is 5.66. The lowest BCUT2D eigenvalue weighted by molar-refractivity contribution is -0.392. The summed E-state index contributed by atoms with van der Waals surface area (Å²) in [7, 11) is 0. The number of fused-ring (bicyclic) bond motifs is 1. The molecule has 0 aromatic heterocycles. The molecule has 0 bridgehead atoms. The molecule has 392 valence electrons. The summed E-state index contributed by atoms with van der Waals surface area (Å²) >= 11 is 0. The van der Waals surface area contributed by atoms with Crippen LogP contribution in [-0.2, 0) is 99.4 Å². The fourth-order valence-electron chi connectivity index (χ4n) is 9.61. The second-order valence-corrected chi connectivity index (χ2v) is 18.8. The number of rotatable bonds is 22. The maximum atomic E-state index is 13.4. The van der Waals surface area contributed by atoms with Gasteiger partial charge in [-0.2, -0.15) is 0 Å². The number of benzene rings is 6. The minimum Gasteiger partial charge on any atom is -0.493 e. The van der Waals surface area contributed by atoms with Gasteiger partial charge in [-0.15, -0.1) is 0 Å². The van der Waals surface area contributed by atoms with Gasteiger partial charge in [-0.25, -0.2) is 0 Å². The van der Waals surface area contributed by atoms with Gasteiger partial charge in [0.05, 0.1) is 59.1 Å². The van der Waals surface area contributed by atoms with Crippen LogP contribution in [0.2, 0.25) is 0 Å². The van der Waals surface area contributed by atoms with Gasteiger partial charge in [0.25, 0.3) is 0 Å². The van der Waals surface area contributed by atoms with Crippen molar-refractivity contribution in [1.82, 2.24) is 0 Å². The highest BCUT2D eigenvalue weighted by Gasteiger charge is 2.56. The third-order valence-corrected chi connectivity index (χ3v) is 13.4. The van der Waals surface area contributed by atoms with Crippen molar-refractivity contribution in [3.8, 4) is 0 Å². The van der Waals surface area contributed by atoms with Crippen molar-refractivity contribution in [2.45, 2.75) is 120 Å². The van der Waals surface area contributed by atoms with Crippen molar-refractivity contribution in [1.29, 1.82) is 0 Å². The first kappa shape index (κ1) is 52.3. The molecule has 0 aliphatic carbocycles. The Balaban J connectivity index is 0.951. The first-order chi connectivity index (χ1) is 37.0. The molecule has 3 saturated heterocycles. The highest BCUT2D eigenvalue weighted by atomic mass is 16.8. The third kappa shape index (κ3) is 14.2. The summed E-state index contributed by atoms with van der Waals surface area (Å²) in [6.07, 6.45) is -7.57. The summed E-state index contributed by atoms with van der Waals surface area (Å²) in [5, 5.41) is 0. The Morgan fingerprint density at radius 3 is 1.52 bits per heavy atom. The van der Waals surface area contributed by atoms with Gasteiger partial charge in [0.1, 0.15) is 48.8 Å². The lowest BCUT2D eigenvalue weighted by Gasteiger charge is -2.50. The molecule has 14 heteroatoms. The summed E-state index contributed by atoms with van der Waals surface area (Å²) in [6.45, 7) is 2.85. The first-order valence-electron chi connectivity index (χ1n) is 25.6. The van der Waals surface area contributed by atoms with Crippen LogP contribution in [0, 0.1) is 0 Å². The molecule has 4 aliphatic rings. The first-order valence-corrected chi connectivity index (χ1v) is 25.6. The number of carbonyl (C=O) groups excluding carboxylic acids is 1. The smallest absolute Gasteiger partial charge is 0.303 e. The van der Waals surface area contributed by atoms with Crippen molar-refractivity contribution in [2.24, 2.45) is 0 Å². The molecule has 0 unspecified atom stereocenters. The van der Waals surface area contributed by atoms with Crippen molar-refractivity contribution in [3.05, 3.63) is 228 Å². The van der Waals surface area contributed by atoms with Gasteiger partial charge in [-0.1, -0.05) is 182 Å². The lowest BCUT2D eigenvalue weighted by Crippen LogP contribution is -2.66. The summed E-state index contributed by atoms with van der Waals surface area (Å²) in [5.74, 6) is -0.592. The zero-order valence-corrected chi connectivity index (χ0v) is 41.9. The van der Waals surface area contributed by atoms with Crippen molar-refractivity contribution in [2.75, 3.05) is 19.8 Å². The van der Waals surface area contributed by atoms with Crippen LogP contribution in [0.25, 0.3) is 0 Å². The molecule has 10 rings (SSSR count). The van der Waals surface area contributed by atoms with Gasteiger partial charge in [0.2, 0.25) is 0 Å². The minimum absolute atomic E-state index is 0.0611. The Bertz CT molecular complexity index is 2630. The zero-order chi connectivity index (χ0) is 51.0. The van der Waals surface area contributed by atoms with Gasteiger partial charge in [-0.3, -0.25) is 4.79 Å². The van der Waals surface area contributed by atoms with Crippen LogP contribution in [0.4, 0.5) is 0 Å². The molecule has 14 nitrogen and oxygen atoms in total. The Morgan fingerprint density at radius 1 is 0.480 bits per heavy atom. The molecule has 6 aromatic rings. The van der Waals surface area contributed by atoms with E-state index in [0.717, 1.165) is 33.4 Å². The summed E-state index contributed by atoms with van der Waals surface area (Å²) < 4.78 is 86.6. The van der Waals surface area contributed by atoms with E-state index in [1.807, 2.05) is 188 Å². The van der Waals surface area contributed by atoms with E-state index in [1.54, 1.807) is 6.26 Å². The second-order valence-electron chi connectivity index (χ2n) is 18.8. The van der Waals surface area contributed by atoms with E-state index >= 15 is 0 Å². The van der Waals surface area contributed by atoms with E-state index in [9.17, 15) is 4.79 Å². The van der Waals surface area contributed by atoms with Crippen LogP contribution in [-0.4, -0.2) is 99.4 Å². The molecule has 4 heterocycles. The third-order valence-electron chi connectivity index (χ3n) is 13.4. The predicted molar refractivity (Wildman–Crippen MR) is 274 cm³/mol. The van der Waals surface area contributed by atoms with E-state index in [0.29, 0.717) is 19.8 Å². The molecule has 0 radical (unpaired) electrons. The molecule has 0 N–H and O–H groups in total. The van der Waals surface area contributed by atoms with Crippen LogP contribution >= 0.6 is 0 Å². The fourth-order valence-corrected chi connectivity index (χ4v) is 9.61. The average Bonchev–Trinajstić information content (AvgIpc) is 3.46. The summed E-state index contributed by atoms with van der Waals surface area (Å²) in [6, 6.07) is 59.2. The molecule has 4 aliphatic heterocycles. The van der Waals surface area contributed by atoms with E-state index in [2.05, 4.69) is 0 Å². The van der Waals surface area contributed by atoms with Crippen molar-refractivity contribution in [3.63, 3.8) is 0 Å². The maximum Gasteiger partial charge on any atom is 0.303 e. The van der Waals surface area contributed by atoms with Crippen LogP contribution in [0.1, 0.15) is 46.6 Å². The number of ether oxygens (including phenoxy) is 13. The Labute approximate surface area is 438 Å². The Hall–Kier alpha value is -6.11. The van der Waals surface area contributed by atoms with Gasteiger partial charge in [-0.05, 0) is 33.9 Å². The quantitative estimate of drug-likeness (QED) is 0.0598. The van der Waals surface area contributed by atoms with Gasteiger partial charge < -0.3 is 61.6 Å².